The van der Waals surface area contributed by atoms with E-state index in [-0.39, 0.29) is 34.2 Å². The van der Waals surface area contributed by atoms with E-state index in [1.54, 1.807) is 18.2 Å². The molecule has 0 spiro atoms. The van der Waals surface area contributed by atoms with Gasteiger partial charge in [0.1, 0.15) is 16.7 Å². The SMILES string of the molecule is C=CCNC(=O)/C(C#N)=C1\SC(Cc2cc(C(F)(F)F)ccc2Cl)C(=O)N1c1ccc(C)c(C)c1. The van der Waals surface area contributed by atoms with Crippen LogP contribution in [0.2, 0.25) is 5.02 Å². The third kappa shape index (κ3) is 5.72. The molecule has 10 heteroatoms. The number of hydrogen-bond donors (Lipinski definition) is 1. The summed E-state index contributed by atoms with van der Waals surface area (Å²) in [6.07, 6.45) is -3.24. The van der Waals surface area contributed by atoms with Gasteiger partial charge in [0.25, 0.3) is 5.91 Å². The number of carbonyl (C=O) groups excluding carboxylic acids is 2. The van der Waals surface area contributed by atoms with Crippen LogP contribution in [0.4, 0.5) is 18.9 Å². The van der Waals surface area contributed by atoms with Gasteiger partial charge < -0.3 is 5.32 Å². The van der Waals surface area contributed by atoms with Gasteiger partial charge in [-0.3, -0.25) is 14.5 Å². The standard InChI is InChI=1S/C25H21ClF3N3O2S/c1-4-9-31-22(33)19(13-30)24-32(18-7-5-14(2)15(3)10-18)23(34)21(35-24)12-16-11-17(25(27,28)29)6-8-20(16)26/h4-8,10-11,21H,1,9,12H2,2-3H3,(H,31,33)/b24-19-. The van der Waals surface area contributed by atoms with Gasteiger partial charge in [0, 0.05) is 17.3 Å². The van der Waals surface area contributed by atoms with Crippen molar-refractivity contribution in [2.24, 2.45) is 0 Å². The summed E-state index contributed by atoms with van der Waals surface area (Å²) < 4.78 is 39.7. The van der Waals surface area contributed by atoms with E-state index in [9.17, 15) is 28.0 Å². The van der Waals surface area contributed by atoms with Crippen molar-refractivity contribution in [1.29, 1.82) is 5.26 Å². The van der Waals surface area contributed by atoms with Gasteiger partial charge in [0.15, 0.2) is 0 Å². The van der Waals surface area contributed by atoms with Crippen LogP contribution in [-0.4, -0.2) is 23.6 Å². The van der Waals surface area contributed by atoms with Crippen LogP contribution in [-0.2, 0) is 22.2 Å². The van der Waals surface area contributed by atoms with E-state index in [0.29, 0.717) is 5.69 Å². The number of alkyl halides is 3. The number of amides is 2. The highest BCUT2D eigenvalue weighted by Crippen LogP contribution is 2.43. The first-order valence-corrected chi connectivity index (χ1v) is 11.7. The van der Waals surface area contributed by atoms with E-state index in [2.05, 4.69) is 11.9 Å². The van der Waals surface area contributed by atoms with Crippen molar-refractivity contribution in [2.45, 2.75) is 31.7 Å². The molecule has 35 heavy (non-hydrogen) atoms. The van der Waals surface area contributed by atoms with Crippen LogP contribution < -0.4 is 10.2 Å². The van der Waals surface area contributed by atoms with Gasteiger partial charge in [0.2, 0.25) is 5.91 Å². The molecule has 1 heterocycles. The molecule has 2 aromatic rings. The number of thioether (sulfide) groups is 1. The summed E-state index contributed by atoms with van der Waals surface area (Å²) in [5.41, 5.74) is 1.30. The highest BCUT2D eigenvalue weighted by molar-refractivity contribution is 8.05. The second kappa shape index (κ2) is 10.6. The van der Waals surface area contributed by atoms with Crippen LogP contribution >= 0.6 is 23.4 Å². The maximum absolute atomic E-state index is 13.5. The van der Waals surface area contributed by atoms with Gasteiger partial charge in [-0.1, -0.05) is 35.5 Å². The third-order valence-electron chi connectivity index (χ3n) is 5.44. The number of nitriles is 1. The lowest BCUT2D eigenvalue weighted by molar-refractivity contribution is -0.137. The first-order valence-electron chi connectivity index (χ1n) is 10.4. The minimum absolute atomic E-state index is 0.0887. The Morgan fingerprint density at radius 1 is 1.26 bits per heavy atom. The second-order valence-electron chi connectivity index (χ2n) is 7.85. The lowest BCUT2D eigenvalue weighted by Crippen LogP contribution is -2.32. The number of carbonyl (C=O) groups is 2. The van der Waals surface area contributed by atoms with Crippen LogP contribution in [0.25, 0.3) is 0 Å². The molecule has 1 aliphatic heterocycles. The van der Waals surface area contributed by atoms with E-state index in [4.69, 9.17) is 11.6 Å². The predicted molar refractivity (Wildman–Crippen MR) is 131 cm³/mol. The number of rotatable bonds is 6. The Morgan fingerprint density at radius 3 is 2.57 bits per heavy atom. The molecule has 1 fully saturated rings. The fourth-order valence-electron chi connectivity index (χ4n) is 3.45. The second-order valence-corrected chi connectivity index (χ2v) is 9.45. The number of aryl methyl sites for hydroxylation is 2. The Kier molecular flexibility index (Phi) is 7.98. The summed E-state index contributed by atoms with van der Waals surface area (Å²) in [6, 6.07) is 10.1. The molecule has 0 bridgehead atoms. The van der Waals surface area contributed by atoms with Crippen molar-refractivity contribution in [3.8, 4) is 6.07 Å². The summed E-state index contributed by atoms with van der Waals surface area (Å²) in [6.45, 7) is 7.40. The molecule has 2 aromatic carbocycles. The number of hydrogen-bond acceptors (Lipinski definition) is 4. The zero-order chi connectivity index (χ0) is 25.9. The zero-order valence-electron chi connectivity index (χ0n) is 18.9. The maximum Gasteiger partial charge on any atom is 0.416 e. The minimum Gasteiger partial charge on any atom is -0.348 e. The molecule has 1 saturated heterocycles. The minimum atomic E-state index is -4.57. The Labute approximate surface area is 210 Å². The number of anilines is 1. The largest absolute Gasteiger partial charge is 0.416 e. The molecule has 2 amide bonds. The first kappa shape index (κ1) is 26.4. The highest BCUT2D eigenvalue weighted by Gasteiger charge is 2.41. The van der Waals surface area contributed by atoms with Gasteiger partial charge in [-0.2, -0.15) is 18.4 Å². The third-order valence-corrected chi connectivity index (χ3v) is 7.07. The van der Waals surface area contributed by atoms with Gasteiger partial charge in [0.05, 0.1) is 10.8 Å². The lowest BCUT2D eigenvalue weighted by Gasteiger charge is -2.20. The maximum atomic E-state index is 13.5. The first-order chi connectivity index (χ1) is 16.5. The summed E-state index contributed by atoms with van der Waals surface area (Å²) >= 11 is 7.11. The number of nitrogens with one attached hydrogen (secondary N) is 1. The van der Waals surface area contributed by atoms with Gasteiger partial charge in [-0.15, -0.1) is 6.58 Å². The molecule has 0 aromatic heterocycles. The Hall–Kier alpha value is -3.22. The van der Waals surface area contributed by atoms with Gasteiger partial charge >= 0.3 is 6.18 Å². The average molecular weight is 520 g/mol. The molecule has 3 rings (SSSR count). The lowest BCUT2D eigenvalue weighted by atomic mass is 10.0. The molecule has 1 N–H and O–H groups in total. The van der Waals surface area contributed by atoms with Crippen molar-refractivity contribution in [1.82, 2.24) is 5.32 Å². The van der Waals surface area contributed by atoms with Crippen molar-refractivity contribution < 1.29 is 22.8 Å². The normalized spacial score (nSPS) is 17.2. The molecule has 182 valence electrons. The van der Waals surface area contributed by atoms with Gasteiger partial charge in [-0.25, -0.2) is 0 Å². The predicted octanol–water partition coefficient (Wildman–Crippen LogP) is 5.70. The van der Waals surface area contributed by atoms with Crippen molar-refractivity contribution in [3.05, 3.63) is 86.9 Å². The van der Waals surface area contributed by atoms with E-state index in [0.717, 1.165) is 41.1 Å². The van der Waals surface area contributed by atoms with Crippen LogP contribution in [0.3, 0.4) is 0 Å². The fourth-order valence-corrected chi connectivity index (χ4v) is 4.94. The molecule has 1 aliphatic rings. The Balaban J connectivity index is 2.08. The number of benzene rings is 2. The summed E-state index contributed by atoms with van der Waals surface area (Å²) in [7, 11) is 0. The number of nitrogens with zero attached hydrogens (tertiary/aromatic N) is 2. The molecule has 0 aliphatic carbocycles. The van der Waals surface area contributed by atoms with E-state index >= 15 is 0 Å². The molecule has 1 atom stereocenters. The van der Waals surface area contributed by atoms with Crippen LogP contribution in [0.1, 0.15) is 22.3 Å². The Bertz CT molecular complexity index is 1270. The molecule has 1 unspecified atom stereocenters. The van der Waals surface area contributed by atoms with Crippen molar-refractivity contribution in [3.63, 3.8) is 0 Å². The molecular formula is C25H21ClF3N3O2S. The summed E-state index contributed by atoms with van der Waals surface area (Å²) in [4.78, 5) is 27.5. The Morgan fingerprint density at radius 2 is 1.97 bits per heavy atom. The molecule has 5 nitrogen and oxygen atoms in total. The van der Waals surface area contributed by atoms with Gasteiger partial charge in [-0.05, 0) is 67.3 Å². The highest BCUT2D eigenvalue weighted by atomic mass is 35.5. The topological polar surface area (TPSA) is 73.2 Å². The molecule has 0 radical (unpaired) electrons. The summed E-state index contributed by atoms with van der Waals surface area (Å²) in [5.74, 6) is -1.15. The van der Waals surface area contributed by atoms with Crippen LogP contribution in [0.15, 0.2) is 59.7 Å². The van der Waals surface area contributed by atoms with Crippen molar-refractivity contribution >= 4 is 40.9 Å². The molecular weight excluding hydrogens is 499 g/mol. The zero-order valence-corrected chi connectivity index (χ0v) is 20.4. The van der Waals surface area contributed by atoms with Crippen molar-refractivity contribution in [2.75, 3.05) is 11.4 Å². The fraction of sp³-hybridized carbons (Fsp3) is 0.240. The molecule has 0 saturated carbocycles. The average Bonchev–Trinajstić information content (AvgIpc) is 3.11. The number of halogens is 4. The van der Waals surface area contributed by atoms with E-state index in [1.807, 2.05) is 19.9 Å². The van der Waals surface area contributed by atoms with E-state index < -0.39 is 28.8 Å². The van der Waals surface area contributed by atoms with E-state index in [1.165, 1.54) is 11.0 Å². The quantitative estimate of drug-likeness (QED) is 0.302. The summed E-state index contributed by atoms with van der Waals surface area (Å²) in [5, 5.41) is 11.6. The monoisotopic (exact) mass is 519 g/mol. The van der Waals surface area contributed by atoms with Crippen LogP contribution in [0, 0.1) is 25.2 Å². The smallest absolute Gasteiger partial charge is 0.348 e. The van der Waals surface area contributed by atoms with Crippen LogP contribution in [0.5, 0.6) is 0 Å².